The van der Waals surface area contributed by atoms with Crippen LogP contribution in [-0.2, 0) is 0 Å². The fraction of sp³-hybridized carbons (Fsp3) is 0.400. The van der Waals surface area contributed by atoms with Gasteiger partial charge in [0.25, 0.3) is 0 Å². The van der Waals surface area contributed by atoms with E-state index in [1.807, 2.05) is 24.5 Å². The molecule has 1 heterocycles. The number of H-pyrrole nitrogens is 1. The van der Waals surface area contributed by atoms with Gasteiger partial charge in [-0.05, 0) is 37.8 Å². The molecule has 1 aromatic heterocycles. The summed E-state index contributed by atoms with van der Waals surface area (Å²) in [7, 11) is 0. The van der Waals surface area contributed by atoms with Crippen LogP contribution in [0.5, 0.6) is 0 Å². The van der Waals surface area contributed by atoms with Gasteiger partial charge in [0, 0.05) is 12.4 Å². The van der Waals surface area contributed by atoms with Gasteiger partial charge in [0.15, 0.2) is 0 Å². The molecule has 1 heteroatoms. The van der Waals surface area contributed by atoms with Gasteiger partial charge in [0.2, 0.25) is 0 Å². The molecule has 1 aromatic rings. The molecule has 0 saturated carbocycles. The molecule has 1 aliphatic rings. The van der Waals surface area contributed by atoms with Crippen LogP contribution in [0, 0.1) is 0 Å². The first-order valence-corrected chi connectivity index (χ1v) is 4.23. The summed E-state index contributed by atoms with van der Waals surface area (Å²) in [6.45, 7) is 0. The molecule has 0 fully saturated rings. The molecule has 0 saturated heterocycles. The normalized spacial score (nSPS) is 15.3. The Kier molecular flexibility index (Phi) is 4.27. The molecule has 0 amide bonds. The molecule has 0 atom stereocenters. The fourth-order valence-electron chi connectivity index (χ4n) is 1.04. The van der Waals surface area contributed by atoms with Crippen LogP contribution in [0.2, 0.25) is 0 Å². The lowest BCUT2D eigenvalue weighted by Gasteiger charge is -1.97. The van der Waals surface area contributed by atoms with Gasteiger partial charge in [-0.2, -0.15) is 0 Å². The van der Waals surface area contributed by atoms with E-state index >= 15 is 0 Å². The number of aromatic amines is 1. The van der Waals surface area contributed by atoms with E-state index in [0.29, 0.717) is 0 Å². The van der Waals surface area contributed by atoms with Crippen molar-refractivity contribution in [3.63, 3.8) is 0 Å². The van der Waals surface area contributed by atoms with Gasteiger partial charge in [0.05, 0.1) is 0 Å². The third kappa shape index (κ3) is 4.43. The zero-order chi connectivity index (χ0) is 7.78. The van der Waals surface area contributed by atoms with Crippen molar-refractivity contribution in [1.82, 2.24) is 4.98 Å². The third-order valence-corrected chi connectivity index (χ3v) is 1.65. The van der Waals surface area contributed by atoms with E-state index in [1.165, 1.54) is 25.7 Å². The lowest BCUT2D eigenvalue weighted by molar-refractivity contribution is 0.730. The van der Waals surface area contributed by atoms with E-state index in [1.54, 1.807) is 0 Å². The van der Waals surface area contributed by atoms with Gasteiger partial charge in [0.1, 0.15) is 0 Å². The predicted molar refractivity (Wildman–Crippen MR) is 48.4 cm³/mol. The van der Waals surface area contributed by atoms with Crippen LogP contribution >= 0.6 is 0 Å². The Morgan fingerprint density at radius 1 is 0.818 bits per heavy atom. The van der Waals surface area contributed by atoms with E-state index < -0.39 is 0 Å². The van der Waals surface area contributed by atoms with Crippen molar-refractivity contribution in [2.45, 2.75) is 25.7 Å². The minimum Gasteiger partial charge on any atom is -0.368 e. The van der Waals surface area contributed by atoms with E-state index in [-0.39, 0.29) is 0 Å². The smallest absolute Gasteiger partial charge is 0.000496 e. The van der Waals surface area contributed by atoms with Gasteiger partial charge >= 0.3 is 0 Å². The van der Waals surface area contributed by atoms with Crippen LogP contribution in [0.4, 0.5) is 0 Å². The SMILES string of the molecule is C1=CCCCC1.c1cc[nH]c1. The molecule has 0 spiro atoms. The van der Waals surface area contributed by atoms with Crippen molar-refractivity contribution in [2.24, 2.45) is 0 Å². The average molecular weight is 149 g/mol. The molecule has 1 aliphatic carbocycles. The highest BCUT2D eigenvalue weighted by Gasteiger charge is 1.87. The second-order valence-electron chi connectivity index (χ2n) is 2.64. The summed E-state index contributed by atoms with van der Waals surface area (Å²) in [4.78, 5) is 2.86. The Morgan fingerprint density at radius 2 is 1.36 bits per heavy atom. The van der Waals surface area contributed by atoms with Gasteiger partial charge in [-0.25, -0.2) is 0 Å². The molecule has 1 nitrogen and oxygen atoms in total. The molecule has 60 valence electrons. The molecule has 0 aliphatic heterocycles. The van der Waals surface area contributed by atoms with Crippen LogP contribution in [0.15, 0.2) is 36.7 Å². The number of nitrogens with one attached hydrogen (secondary N) is 1. The van der Waals surface area contributed by atoms with Crippen LogP contribution in [0.1, 0.15) is 25.7 Å². The number of rotatable bonds is 0. The summed E-state index contributed by atoms with van der Waals surface area (Å²) in [6, 6.07) is 3.89. The Balaban J connectivity index is 0.000000112. The minimum absolute atomic E-state index is 1.32. The highest BCUT2D eigenvalue weighted by Crippen LogP contribution is 2.07. The first kappa shape index (κ1) is 8.12. The summed E-state index contributed by atoms with van der Waals surface area (Å²) in [5, 5.41) is 0. The maximum absolute atomic E-state index is 2.86. The van der Waals surface area contributed by atoms with E-state index in [9.17, 15) is 0 Å². The Morgan fingerprint density at radius 3 is 1.55 bits per heavy atom. The van der Waals surface area contributed by atoms with Crippen molar-refractivity contribution < 1.29 is 0 Å². The highest BCUT2D eigenvalue weighted by atomic mass is 14.6. The topological polar surface area (TPSA) is 15.8 Å². The van der Waals surface area contributed by atoms with Crippen LogP contribution in [-0.4, -0.2) is 4.98 Å². The third-order valence-electron chi connectivity index (χ3n) is 1.65. The minimum atomic E-state index is 1.32. The standard InChI is InChI=1S/C6H10.C4H5N/c1-2-4-6-5-3-1;1-2-4-5-3-1/h1-2H,3-6H2;1-5H. The van der Waals surface area contributed by atoms with Gasteiger partial charge in [-0.1, -0.05) is 12.2 Å². The van der Waals surface area contributed by atoms with E-state index in [4.69, 9.17) is 0 Å². The zero-order valence-electron chi connectivity index (χ0n) is 6.79. The Hall–Kier alpha value is -0.980. The molecular formula is C10H15N. The lowest BCUT2D eigenvalue weighted by atomic mass is 10.1. The molecule has 0 bridgehead atoms. The average Bonchev–Trinajstić information content (AvgIpc) is 2.64. The van der Waals surface area contributed by atoms with Gasteiger partial charge in [-0.3, -0.25) is 0 Å². The first-order valence-electron chi connectivity index (χ1n) is 4.23. The van der Waals surface area contributed by atoms with Crippen molar-refractivity contribution in [2.75, 3.05) is 0 Å². The maximum Gasteiger partial charge on any atom is 0.000496 e. The summed E-state index contributed by atoms with van der Waals surface area (Å²) >= 11 is 0. The number of aromatic nitrogens is 1. The maximum atomic E-state index is 2.86. The van der Waals surface area contributed by atoms with Gasteiger partial charge in [-0.15, -0.1) is 0 Å². The van der Waals surface area contributed by atoms with Crippen molar-refractivity contribution >= 4 is 0 Å². The predicted octanol–water partition coefficient (Wildman–Crippen LogP) is 3.13. The number of hydrogen-bond acceptors (Lipinski definition) is 0. The molecule has 0 radical (unpaired) electrons. The first-order chi connectivity index (χ1) is 5.50. The largest absolute Gasteiger partial charge is 0.368 e. The molecule has 2 rings (SSSR count). The van der Waals surface area contributed by atoms with E-state index in [0.717, 1.165) is 0 Å². The van der Waals surface area contributed by atoms with E-state index in [2.05, 4.69) is 17.1 Å². The monoisotopic (exact) mass is 149 g/mol. The number of hydrogen-bond donors (Lipinski definition) is 1. The molecule has 11 heavy (non-hydrogen) atoms. The van der Waals surface area contributed by atoms with Crippen LogP contribution in [0.3, 0.4) is 0 Å². The van der Waals surface area contributed by atoms with Crippen LogP contribution in [0.25, 0.3) is 0 Å². The van der Waals surface area contributed by atoms with Crippen molar-refractivity contribution in [1.29, 1.82) is 0 Å². The zero-order valence-corrected chi connectivity index (χ0v) is 6.79. The highest BCUT2D eigenvalue weighted by molar-refractivity contribution is 4.85. The molecule has 0 aromatic carbocycles. The second kappa shape index (κ2) is 5.78. The lowest BCUT2D eigenvalue weighted by Crippen LogP contribution is -1.77. The van der Waals surface area contributed by atoms with Crippen LogP contribution < -0.4 is 0 Å². The summed E-state index contributed by atoms with van der Waals surface area (Å²) in [5.74, 6) is 0. The van der Waals surface area contributed by atoms with Crippen molar-refractivity contribution in [3.05, 3.63) is 36.7 Å². The summed E-state index contributed by atoms with van der Waals surface area (Å²) in [5.41, 5.74) is 0. The molecule has 1 N–H and O–H groups in total. The Labute approximate surface area is 68.1 Å². The van der Waals surface area contributed by atoms with Gasteiger partial charge < -0.3 is 4.98 Å². The molecular weight excluding hydrogens is 134 g/mol. The number of allylic oxidation sites excluding steroid dienone is 2. The summed E-state index contributed by atoms with van der Waals surface area (Å²) in [6.07, 6.45) is 13.8. The Bertz CT molecular complexity index is 150. The summed E-state index contributed by atoms with van der Waals surface area (Å²) < 4.78 is 0. The quantitative estimate of drug-likeness (QED) is 0.545. The molecule has 0 unspecified atom stereocenters. The second-order valence-corrected chi connectivity index (χ2v) is 2.64. The van der Waals surface area contributed by atoms with Crippen molar-refractivity contribution in [3.8, 4) is 0 Å². The fourth-order valence-corrected chi connectivity index (χ4v) is 1.04.